The molecule has 2 fully saturated rings. The number of amides is 1. The highest BCUT2D eigenvalue weighted by Crippen LogP contribution is 2.22. The van der Waals surface area contributed by atoms with E-state index in [9.17, 15) is 9.59 Å². The van der Waals surface area contributed by atoms with E-state index in [1.807, 2.05) is 0 Å². The largest absolute Gasteiger partial charge is 0.480 e. The van der Waals surface area contributed by atoms with Crippen molar-refractivity contribution in [1.82, 2.24) is 10.2 Å². The van der Waals surface area contributed by atoms with Crippen LogP contribution in [-0.4, -0.2) is 52.1 Å². The summed E-state index contributed by atoms with van der Waals surface area (Å²) in [5, 5.41) is 12.0. The number of carbonyl (C=O) groups is 2. The Labute approximate surface area is 92.2 Å². The van der Waals surface area contributed by atoms with Crippen molar-refractivity contribution in [3.63, 3.8) is 0 Å². The van der Waals surface area contributed by atoms with E-state index in [2.05, 4.69) is 5.32 Å². The molecule has 0 aromatic carbocycles. The predicted molar refractivity (Wildman–Crippen MR) is 56.6 cm³/mol. The number of carbonyl (C=O) groups excluding carboxylic acids is 1. The second-order valence-corrected chi connectivity index (χ2v) is 4.87. The van der Waals surface area contributed by atoms with Gasteiger partial charge >= 0.3 is 5.97 Å². The first-order chi connectivity index (χ1) is 7.18. The molecule has 1 amide bonds. The van der Waals surface area contributed by atoms with Gasteiger partial charge in [0.1, 0.15) is 6.04 Å². The maximum Gasteiger partial charge on any atom is 0.327 e. The fourth-order valence-corrected chi connectivity index (χ4v) is 2.69. The molecule has 1 aliphatic heterocycles. The Kier molecular flexibility index (Phi) is 3.16. The van der Waals surface area contributed by atoms with Crippen LogP contribution >= 0.6 is 11.8 Å². The Morgan fingerprint density at radius 3 is 2.80 bits per heavy atom. The maximum absolute atomic E-state index is 11.7. The first kappa shape index (κ1) is 10.8. The molecule has 1 aliphatic carbocycles. The summed E-state index contributed by atoms with van der Waals surface area (Å²) in [6, 6.07) is -0.156. The van der Waals surface area contributed by atoms with Gasteiger partial charge in [0.2, 0.25) is 5.91 Å². The van der Waals surface area contributed by atoms with Gasteiger partial charge in [0.05, 0.1) is 12.4 Å². The van der Waals surface area contributed by atoms with E-state index in [1.54, 1.807) is 0 Å². The first-order valence-electron chi connectivity index (χ1n) is 5.02. The minimum Gasteiger partial charge on any atom is -0.480 e. The van der Waals surface area contributed by atoms with Crippen LogP contribution in [-0.2, 0) is 9.59 Å². The number of carboxylic acids is 1. The molecule has 2 rings (SSSR count). The van der Waals surface area contributed by atoms with Crippen LogP contribution in [0.2, 0.25) is 0 Å². The molecule has 0 bridgehead atoms. The van der Waals surface area contributed by atoms with Crippen molar-refractivity contribution >= 4 is 23.6 Å². The summed E-state index contributed by atoms with van der Waals surface area (Å²) in [5.74, 6) is 0.00574. The second-order valence-electron chi connectivity index (χ2n) is 3.87. The number of thioether (sulfide) groups is 1. The number of carboxylic acid groups (broad SMARTS) is 1. The van der Waals surface area contributed by atoms with E-state index < -0.39 is 12.0 Å². The van der Waals surface area contributed by atoms with Gasteiger partial charge in [-0.25, -0.2) is 4.79 Å². The van der Waals surface area contributed by atoms with Crippen LogP contribution in [0.1, 0.15) is 12.8 Å². The van der Waals surface area contributed by atoms with E-state index in [4.69, 9.17) is 5.11 Å². The third kappa shape index (κ3) is 2.63. The number of hydrogen-bond donors (Lipinski definition) is 2. The molecule has 0 aromatic heterocycles. The van der Waals surface area contributed by atoms with Gasteiger partial charge in [-0.2, -0.15) is 0 Å². The van der Waals surface area contributed by atoms with Gasteiger partial charge in [-0.1, -0.05) is 0 Å². The molecule has 2 N–H and O–H groups in total. The molecule has 1 saturated heterocycles. The number of nitrogens with one attached hydrogen (secondary N) is 1. The smallest absolute Gasteiger partial charge is 0.327 e. The quantitative estimate of drug-likeness (QED) is 0.695. The zero-order chi connectivity index (χ0) is 10.8. The normalized spacial score (nSPS) is 25.6. The molecule has 0 spiro atoms. The lowest BCUT2D eigenvalue weighted by atomic mass is 10.3. The summed E-state index contributed by atoms with van der Waals surface area (Å²) in [6.45, 7) is 0.273. The Morgan fingerprint density at radius 2 is 2.20 bits per heavy atom. The first-order valence-corrected chi connectivity index (χ1v) is 6.17. The fourth-order valence-electron chi connectivity index (χ4n) is 1.51. The van der Waals surface area contributed by atoms with E-state index in [-0.39, 0.29) is 12.5 Å². The summed E-state index contributed by atoms with van der Waals surface area (Å²) in [7, 11) is 0. The molecule has 6 heteroatoms. The summed E-state index contributed by atoms with van der Waals surface area (Å²) >= 11 is 1.49. The SMILES string of the molecule is O=C(O)C1CSCN1C(=O)CNC1CC1. The van der Waals surface area contributed by atoms with Crippen molar-refractivity contribution in [3.05, 3.63) is 0 Å². The molecule has 1 unspecified atom stereocenters. The molecule has 1 heterocycles. The summed E-state index contributed by atoms with van der Waals surface area (Å²) < 4.78 is 0. The molecule has 2 aliphatic rings. The zero-order valence-corrected chi connectivity index (χ0v) is 9.13. The zero-order valence-electron chi connectivity index (χ0n) is 8.31. The van der Waals surface area contributed by atoms with Crippen LogP contribution in [0, 0.1) is 0 Å². The highest BCUT2D eigenvalue weighted by atomic mass is 32.2. The molecular formula is C9H14N2O3S. The highest BCUT2D eigenvalue weighted by Gasteiger charge is 2.34. The van der Waals surface area contributed by atoms with Crippen molar-refractivity contribution < 1.29 is 14.7 Å². The summed E-state index contributed by atoms with van der Waals surface area (Å²) in [5.41, 5.74) is 0. The summed E-state index contributed by atoms with van der Waals surface area (Å²) in [6.07, 6.45) is 2.26. The highest BCUT2D eigenvalue weighted by molar-refractivity contribution is 7.99. The van der Waals surface area contributed by atoms with E-state index in [0.717, 1.165) is 12.8 Å². The van der Waals surface area contributed by atoms with Crippen molar-refractivity contribution in [3.8, 4) is 0 Å². The Bertz CT molecular complexity index is 281. The van der Waals surface area contributed by atoms with Crippen LogP contribution in [0.15, 0.2) is 0 Å². The molecular weight excluding hydrogens is 216 g/mol. The predicted octanol–water partition coefficient (Wildman–Crippen LogP) is -0.276. The second kappa shape index (κ2) is 4.40. The van der Waals surface area contributed by atoms with Crippen LogP contribution < -0.4 is 5.32 Å². The number of rotatable bonds is 4. The lowest BCUT2D eigenvalue weighted by molar-refractivity contribution is -0.147. The molecule has 5 nitrogen and oxygen atoms in total. The lowest BCUT2D eigenvalue weighted by Gasteiger charge is -2.20. The standard InChI is InChI=1S/C9H14N2O3S/c12-8(3-10-6-1-2-6)11-5-15-4-7(11)9(13)14/h6-7,10H,1-5H2,(H,13,14). The molecule has 0 radical (unpaired) electrons. The average molecular weight is 230 g/mol. The molecule has 1 saturated carbocycles. The van der Waals surface area contributed by atoms with Crippen molar-refractivity contribution in [1.29, 1.82) is 0 Å². The van der Waals surface area contributed by atoms with Crippen molar-refractivity contribution in [2.45, 2.75) is 24.9 Å². The van der Waals surface area contributed by atoms with E-state index in [1.165, 1.54) is 16.7 Å². The molecule has 84 valence electrons. The van der Waals surface area contributed by atoms with Crippen LogP contribution in [0.25, 0.3) is 0 Å². The Hall–Kier alpha value is -0.750. The van der Waals surface area contributed by atoms with Crippen LogP contribution in [0.4, 0.5) is 0 Å². The van der Waals surface area contributed by atoms with Gasteiger partial charge in [0.15, 0.2) is 0 Å². The Balaban J connectivity index is 1.84. The summed E-state index contributed by atoms with van der Waals surface area (Å²) in [4.78, 5) is 24.0. The molecule has 0 aromatic rings. The van der Waals surface area contributed by atoms with Crippen molar-refractivity contribution in [2.75, 3.05) is 18.2 Å². The fraction of sp³-hybridized carbons (Fsp3) is 0.778. The maximum atomic E-state index is 11.7. The third-order valence-corrected chi connectivity index (χ3v) is 3.62. The third-order valence-electron chi connectivity index (χ3n) is 2.61. The number of hydrogen-bond acceptors (Lipinski definition) is 4. The van der Waals surface area contributed by atoms with Gasteiger partial charge in [-0.15, -0.1) is 11.8 Å². The van der Waals surface area contributed by atoms with Gasteiger partial charge in [0.25, 0.3) is 0 Å². The van der Waals surface area contributed by atoms with E-state index in [0.29, 0.717) is 17.7 Å². The molecule has 15 heavy (non-hydrogen) atoms. The number of aliphatic carboxylic acids is 1. The van der Waals surface area contributed by atoms with Gasteiger partial charge in [-0.3, -0.25) is 4.79 Å². The van der Waals surface area contributed by atoms with Crippen molar-refractivity contribution in [2.24, 2.45) is 0 Å². The Morgan fingerprint density at radius 1 is 1.47 bits per heavy atom. The minimum absolute atomic E-state index is 0.0979. The minimum atomic E-state index is -0.903. The van der Waals surface area contributed by atoms with Crippen LogP contribution in [0.3, 0.4) is 0 Å². The monoisotopic (exact) mass is 230 g/mol. The van der Waals surface area contributed by atoms with E-state index >= 15 is 0 Å². The van der Waals surface area contributed by atoms with Gasteiger partial charge < -0.3 is 15.3 Å². The average Bonchev–Trinajstić information content (AvgIpc) is 2.88. The van der Waals surface area contributed by atoms with Gasteiger partial charge in [-0.05, 0) is 12.8 Å². The lowest BCUT2D eigenvalue weighted by Crippen LogP contribution is -2.45. The molecule has 1 atom stereocenters. The van der Waals surface area contributed by atoms with Gasteiger partial charge in [0, 0.05) is 11.8 Å². The number of nitrogens with zero attached hydrogens (tertiary/aromatic N) is 1. The topological polar surface area (TPSA) is 69.6 Å². The van der Waals surface area contributed by atoms with Crippen LogP contribution in [0.5, 0.6) is 0 Å².